The zero-order valence-electron chi connectivity index (χ0n) is 11.6. The molecule has 5 nitrogen and oxygen atoms in total. The van der Waals surface area contributed by atoms with Crippen LogP contribution in [-0.4, -0.2) is 26.6 Å². The third-order valence-corrected chi connectivity index (χ3v) is 3.72. The van der Waals surface area contributed by atoms with Crippen LogP contribution in [0.2, 0.25) is 0 Å². The molecule has 0 aliphatic heterocycles. The summed E-state index contributed by atoms with van der Waals surface area (Å²) >= 11 is 6.00. The van der Waals surface area contributed by atoms with E-state index in [9.17, 15) is 0 Å². The van der Waals surface area contributed by atoms with Crippen LogP contribution in [0.4, 0.5) is 0 Å². The minimum atomic E-state index is 0.361. The van der Waals surface area contributed by atoms with E-state index in [1.54, 1.807) is 7.11 Å². The van der Waals surface area contributed by atoms with Crippen molar-refractivity contribution in [1.29, 1.82) is 0 Å². The highest BCUT2D eigenvalue weighted by Gasteiger charge is 2.17. The maximum Gasteiger partial charge on any atom is 0.245 e. The van der Waals surface area contributed by atoms with Crippen LogP contribution < -0.4 is 4.74 Å². The van der Waals surface area contributed by atoms with E-state index in [0.717, 1.165) is 30.9 Å². The van der Waals surface area contributed by atoms with Crippen molar-refractivity contribution in [2.45, 2.75) is 39.1 Å². The van der Waals surface area contributed by atoms with Gasteiger partial charge in [0, 0.05) is 6.54 Å². The van der Waals surface area contributed by atoms with E-state index >= 15 is 0 Å². The van der Waals surface area contributed by atoms with Crippen molar-refractivity contribution >= 4 is 22.8 Å². The van der Waals surface area contributed by atoms with Gasteiger partial charge in [0.05, 0.1) is 13.0 Å². The first-order valence-electron chi connectivity index (χ1n) is 6.55. The maximum atomic E-state index is 6.00. The quantitative estimate of drug-likeness (QED) is 0.764. The fraction of sp³-hybridized carbons (Fsp3) is 0.615. The van der Waals surface area contributed by atoms with E-state index in [4.69, 9.17) is 16.3 Å². The Hall–Kier alpha value is -1.36. The lowest BCUT2D eigenvalue weighted by molar-refractivity contribution is 0.401. The summed E-state index contributed by atoms with van der Waals surface area (Å²) in [6.07, 6.45) is 3.75. The Morgan fingerprint density at radius 3 is 2.63 bits per heavy atom. The first kappa shape index (κ1) is 14.1. The number of alkyl halides is 1. The lowest BCUT2D eigenvalue weighted by atomic mass is 10.0. The molecule has 0 bridgehead atoms. The molecule has 0 fully saturated rings. The minimum Gasteiger partial charge on any atom is -0.479 e. The smallest absolute Gasteiger partial charge is 0.245 e. The van der Waals surface area contributed by atoms with Gasteiger partial charge in [-0.05, 0) is 5.92 Å². The zero-order chi connectivity index (χ0) is 13.8. The number of methoxy groups -OCH3 is 1. The third-order valence-electron chi connectivity index (χ3n) is 3.49. The summed E-state index contributed by atoms with van der Waals surface area (Å²) in [5.41, 5.74) is 1.49. The summed E-state index contributed by atoms with van der Waals surface area (Å²) < 4.78 is 7.32. The van der Waals surface area contributed by atoms with Crippen LogP contribution >= 0.6 is 11.6 Å². The van der Waals surface area contributed by atoms with Gasteiger partial charge in [-0.2, -0.15) is 4.98 Å². The number of rotatable bonds is 6. The number of ether oxygens (including phenoxy) is 1. The van der Waals surface area contributed by atoms with E-state index in [0.29, 0.717) is 23.2 Å². The molecule has 0 N–H and O–H groups in total. The highest BCUT2D eigenvalue weighted by atomic mass is 35.5. The first-order valence-corrected chi connectivity index (χ1v) is 7.08. The van der Waals surface area contributed by atoms with Crippen molar-refractivity contribution < 1.29 is 4.74 Å². The summed E-state index contributed by atoms with van der Waals surface area (Å²) in [7, 11) is 1.59. The molecule has 0 aliphatic rings. The van der Waals surface area contributed by atoms with Crippen molar-refractivity contribution in [3.63, 3.8) is 0 Å². The van der Waals surface area contributed by atoms with Gasteiger partial charge in [0.2, 0.25) is 5.88 Å². The van der Waals surface area contributed by atoms with Gasteiger partial charge < -0.3 is 9.30 Å². The van der Waals surface area contributed by atoms with Gasteiger partial charge in [0.25, 0.3) is 0 Å². The average molecular weight is 283 g/mol. The van der Waals surface area contributed by atoms with Gasteiger partial charge in [-0.1, -0.05) is 26.7 Å². The van der Waals surface area contributed by atoms with Gasteiger partial charge >= 0.3 is 0 Å². The Kier molecular flexibility index (Phi) is 4.58. The Labute approximate surface area is 118 Å². The van der Waals surface area contributed by atoms with E-state index in [-0.39, 0.29) is 0 Å². The second-order valence-corrected chi connectivity index (χ2v) is 4.78. The van der Waals surface area contributed by atoms with Crippen LogP contribution in [0.25, 0.3) is 11.2 Å². The molecule has 0 unspecified atom stereocenters. The first-order chi connectivity index (χ1) is 9.24. The second kappa shape index (κ2) is 6.19. The van der Waals surface area contributed by atoms with Crippen molar-refractivity contribution in [2.24, 2.45) is 5.92 Å². The van der Waals surface area contributed by atoms with Crippen LogP contribution in [0.3, 0.4) is 0 Å². The van der Waals surface area contributed by atoms with E-state index in [2.05, 4.69) is 33.4 Å². The highest BCUT2D eigenvalue weighted by molar-refractivity contribution is 6.16. The summed E-state index contributed by atoms with van der Waals surface area (Å²) in [4.78, 5) is 12.9. The number of halogens is 1. The maximum absolute atomic E-state index is 6.00. The Morgan fingerprint density at radius 1 is 1.32 bits per heavy atom. The third kappa shape index (κ3) is 2.66. The van der Waals surface area contributed by atoms with Gasteiger partial charge in [0.1, 0.15) is 12.2 Å². The van der Waals surface area contributed by atoms with Gasteiger partial charge in [-0.3, -0.25) is 0 Å². The molecule has 0 saturated heterocycles. The van der Waals surface area contributed by atoms with Gasteiger partial charge in [-0.15, -0.1) is 11.6 Å². The topological polar surface area (TPSA) is 52.8 Å². The van der Waals surface area contributed by atoms with Crippen LogP contribution in [0, 0.1) is 5.92 Å². The van der Waals surface area contributed by atoms with Crippen LogP contribution in [0.1, 0.15) is 32.5 Å². The molecule has 0 aromatic carbocycles. The molecule has 2 aromatic heterocycles. The largest absolute Gasteiger partial charge is 0.479 e. The number of nitrogens with zero attached hydrogens (tertiary/aromatic N) is 4. The minimum absolute atomic E-state index is 0.361. The molecule has 2 aromatic rings. The summed E-state index contributed by atoms with van der Waals surface area (Å²) in [6, 6.07) is 0. The lowest BCUT2D eigenvalue weighted by Gasteiger charge is -2.15. The fourth-order valence-corrected chi connectivity index (χ4v) is 2.41. The number of hydrogen-bond donors (Lipinski definition) is 0. The summed E-state index contributed by atoms with van der Waals surface area (Å²) in [6.45, 7) is 5.28. The van der Waals surface area contributed by atoms with Crippen molar-refractivity contribution in [2.75, 3.05) is 7.11 Å². The second-order valence-electron chi connectivity index (χ2n) is 4.51. The molecule has 6 heteroatoms. The number of imidazole rings is 1. The zero-order valence-corrected chi connectivity index (χ0v) is 12.3. The van der Waals surface area contributed by atoms with Crippen LogP contribution in [0.5, 0.6) is 5.88 Å². The predicted molar refractivity (Wildman–Crippen MR) is 75.5 cm³/mol. The molecule has 0 amide bonds. The molecule has 0 radical (unpaired) electrons. The molecule has 0 aliphatic carbocycles. The SMILES string of the molecule is CCC(CC)Cn1c(CCl)nc2c(OC)ncnc21. The molecule has 19 heavy (non-hydrogen) atoms. The fourth-order valence-electron chi connectivity index (χ4n) is 2.21. The predicted octanol–water partition coefficient (Wildman–Crippen LogP) is 3.01. The van der Waals surface area contributed by atoms with E-state index < -0.39 is 0 Å². The molecule has 0 atom stereocenters. The van der Waals surface area contributed by atoms with E-state index in [1.807, 2.05) is 0 Å². The molecular formula is C13H19ClN4O. The van der Waals surface area contributed by atoms with Crippen LogP contribution in [0.15, 0.2) is 6.33 Å². The van der Waals surface area contributed by atoms with Crippen LogP contribution in [-0.2, 0) is 12.4 Å². The van der Waals surface area contributed by atoms with Crippen molar-refractivity contribution in [3.05, 3.63) is 12.2 Å². The molecule has 0 saturated carbocycles. The molecule has 2 heterocycles. The normalized spacial score (nSPS) is 11.4. The van der Waals surface area contributed by atoms with Gasteiger partial charge in [-0.25, -0.2) is 9.97 Å². The summed E-state index contributed by atoms with van der Waals surface area (Å²) in [5.74, 6) is 2.28. The standard InChI is InChI=1S/C13H19ClN4O/c1-4-9(5-2)7-18-10(6-14)17-11-12(18)15-8-16-13(11)19-3/h8-9H,4-7H2,1-3H3. The molecule has 0 spiro atoms. The van der Waals surface area contributed by atoms with Crippen molar-refractivity contribution in [3.8, 4) is 5.88 Å². The van der Waals surface area contributed by atoms with E-state index in [1.165, 1.54) is 6.33 Å². The monoisotopic (exact) mass is 282 g/mol. The number of hydrogen-bond acceptors (Lipinski definition) is 4. The molecule has 2 rings (SSSR count). The van der Waals surface area contributed by atoms with Gasteiger partial charge in [0.15, 0.2) is 11.2 Å². The Balaban J connectivity index is 2.51. The Morgan fingerprint density at radius 2 is 2.05 bits per heavy atom. The Bertz CT molecular complexity index is 551. The average Bonchev–Trinajstić information content (AvgIpc) is 2.82. The lowest BCUT2D eigenvalue weighted by Crippen LogP contribution is -2.12. The number of fused-ring (bicyclic) bond motifs is 1. The van der Waals surface area contributed by atoms with Crippen molar-refractivity contribution in [1.82, 2.24) is 19.5 Å². The summed E-state index contributed by atoms with van der Waals surface area (Å²) in [5, 5.41) is 0. The molecule has 104 valence electrons. The highest BCUT2D eigenvalue weighted by Crippen LogP contribution is 2.24. The number of aromatic nitrogens is 4. The molecular weight excluding hydrogens is 264 g/mol.